The van der Waals surface area contributed by atoms with Gasteiger partial charge < -0.3 is 0 Å². The van der Waals surface area contributed by atoms with Crippen LogP contribution in [0, 0.1) is 33.1 Å². The Bertz CT molecular complexity index is 441. The summed E-state index contributed by atoms with van der Waals surface area (Å²) in [6.07, 6.45) is 5.10. The maximum atomic E-state index is 11.9. The van der Waals surface area contributed by atoms with Crippen LogP contribution in [0.1, 0.15) is 27.0 Å². The molecule has 0 amide bonds. The van der Waals surface area contributed by atoms with E-state index in [9.17, 15) is 4.79 Å². The highest BCUT2D eigenvalue weighted by atomic mass is 16.1. The van der Waals surface area contributed by atoms with Crippen LogP contribution in [0.3, 0.4) is 0 Å². The van der Waals surface area contributed by atoms with Gasteiger partial charge in [-0.3, -0.25) is 10.1 Å². The Balaban J connectivity index is 2.84. The molecule has 1 aromatic carbocycles. The fourth-order valence-electron chi connectivity index (χ4n) is 1.60. The lowest BCUT2D eigenvalue weighted by Gasteiger charge is -2.09. The lowest BCUT2D eigenvalue weighted by molar-refractivity contribution is 0.0992. The summed E-state index contributed by atoms with van der Waals surface area (Å²) in [5.74, 6) is 2.54. The summed E-state index contributed by atoms with van der Waals surface area (Å²) in [4.78, 5) is 11.9. The Kier molecular flexibility index (Phi) is 4.28. The second-order valence-electron chi connectivity index (χ2n) is 3.98. The molecule has 1 N–H and O–H groups in total. The number of nitrogens with one attached hydrogen (secondary N) is 1. The Labute approximate surface area is 97.1 Å². The summed E-state index contributed by atoms with van der Waals surface area (Å²) < 4.78 is 0. The maximum Gasteiger partial charge on any atom is 0.176 e. The van der Waals surface area contributed by atoms with Gasteiger partial charge in [-0.25, -0.2) is 0 Å². The molecule has 0 fully saturated rings. The van der Waals surface area contributed by atoms with E-state index in [1.165, 1.54) is 5.56 Å². The van der Waals surface area contributed by atoms with E-state index in [0.717, 1.165) is 16.7 Å². The number of Topliss-reactive ketones (excluding diaryl/α,β-unsaturated/α-hetero) is 1. The average Bonchev–Trinajstić information content (AvgIpc) is 2.23. The second-order valence-corrected chi connectivity index (χ2v) is 3.98. The zero-order valence-electron chi connectivity index (χ0n) is 10.1. The summed E-state index contributed by atoms with van der Waals surface area (Å²) in [5, 5.41) is 2.91. The third kappa shape index (κ3) is 2.95. The minimum Gasteiger partial charge on any atom is -0.299 e. The van der Waals surface area contributed by atoms with Crippen LogP contribution in [0.15, 0.2) is 12.1 Å². The first-order valence-electron chi connectivity index (χ1n) is 5.31. The molecule has 0 atom stereocenters. The van der Waals surface area contributed by atoms with E-state index in [-0.39, 0.29) is 5.78 Å². The Morgan fingerprint density at radius 2 is 1.88 bits per heavy atom. The molecule has 0 heterocycles. The van der Waals surface area contributed by atoms with Crippen molar-refractivity contribution in [2.24, 2.45) is 0 Å². The quantitative estimate of drug-likeness (QED) is 0.473. The third-order valence-corrected chi connectivity index (χ3v) is 2.65. The first-order chi connectivity index (χ1) is 7.56. The summed E-state index contributed by atoms with van der Waals surface area (Å²) >= 11 is 0. The van der Waals surface area contributed by atoms with Crippen LogP contribution in [0.2, 0.25) is 0 Å². The first-order valence-corrected chi connectivity index (χ1v) is 5.31. The number of terminal acetylenes is 1. The van der Waals surface area contributed by atoms with Gasteiger partial charge in [-0.05, 0) is 43.5 Å². The van der Waals surface area contributed by atoms with Gasteiger partial charge in [0.25, 0.3) is 0 Å². The number of carbonyl (C=O) groups is 1. The Hall–Kier alpha value is -1.59. The topological polar surface area (TPSA) is 29.1 Å². The predicted octanol–water partition coefficient (Wildman–Crippen LogP) is 2.02. The monoisotopic (exact) mass is 215 g/mol. The van der Waals surface area contributed by atoms with Gasteiger partial charge in [0.2, 0.25) is 0 Å². The molecule has 0 spiro atoms. The van der Waals surface area contributed by atoms with Crippen molar-refractivity contribution in [1.29, 1.82) is 0 Å². The predicted molar refractivity (Wildman–Crippen MR) is 66.7 cm³/mol. The number of rotatable bonds is 4. The lowest BCUT2D eigenvalue weighted by atomic mass is 9.98. The molecule has 0 aromatic heterocycles. The lowest BCUT2D eigenvalue weighted by Crippen LogP contribution is -2.23. The van der Waals surface area contributed by atoms with Crippen LogP contribution in [0.5, 0.6) is 0 Å². The molecule has 1 rings (SSSR count). The zero-order valence-corrected chi connectivity index (χ0v) is 10.1. The van der Waals surface area contributed by atoms with Gasteiger partial charge in [-0.15, -0.1) is 6.42 Å². The molecule has 0 aliphatic carbocycles. The Morgan fingerprint density at radius 1 is 1.25 bits per heavy atom. The molecular weight excluding hydrogens is 198 g/mol. The maximum absolute atomic E-state index is 11.9. The summed E-state index contributed by atoms with van der Waals surface area (Å²) in [7, 11) is 0. The fraction of sp³-hybridized carbons (Fsp3) is 0.357. The van der Waals surface area contributed by atoms with Crippen molar-refractivity contribution < 1.29 is 4.79 Å². The van der Waals surface area contributed by atoms with Crippen molar-refractivity contribution in [3.8, 4) is 12.3 Å². The van der Waals surface area contributed by atoms with Crippen molar-refractivity contribution in [3.05, 3.63) is 34.4 Å². The van der Waals surface area contributed by atoms with Gasteiger partial charge in [0, 0.05) is 5.56 Å². The van der Waals surface area contributed by atoms with Crippen LogP contribution in [0.25, 0.3) is 0 Å². The minimum atomic E-state index is 0.0934. The average molecular weight is 215 g/mol. The summed E-state index contributed by atoms with van der Waals surface area (Å²) in [5.41, 5.74) is 4.17. The van der Waals surface area contributed by atoms with E-state index in [0.29, 0.717) is 13.1 Å². The molecule has 0 saturated carbocycles. The molecule has 84 valence electrons. The zero-order chi connectivity index (χ0) is 12.1. The molecular formula is C14H17NO. The summed E-state index contributed by atoms with van der Waals surface area (Å²) in [6, 6.07) is 3.99. The highest BCUT2D eigenvalue weighted by Gasteiger charge is 2.09. The van der Waals surface area contributed by atoms with Gasteiger partial charge in [-0.1, -0.05) is 12.0 Å². The van der Waals surface area contributed by atoms with Gasteiger partial charge in [0.15, 0.2) is 5.78 Å². The molecule has 2 nitrogen and oxygen atoms in total. The minimum absolute atomic E-state index is 0.0934. The number of benzene rings is 1. The molecule has 0 aliphatic rings. The van der Waals surface area contributed by atoms with Crippen LogP contribution >= 0.6 is 0 Å². The van der Waals surface area contributed by atoms with Crippen molar-refractivity contribution in [2.45, 2.75) is 20.8 Å². The largest absolute Gasteiger partial charge is 0.299 e. The van der Waals surface area contributed by atoms with E-state index in [1.807, 2.05) is 32.9 Å². The van der Waals surface area contributed by atoms with E-state index in [4.69, 9.17) is 6.42 Å². The van der Waals surface area contributed by atoms with E-state index in [2.05, 4.69) is 11.2 Å². The fourth-order valence-corrected chi connectivity index (χ4v) is 1.60. The van der Waals surface area contributed by atoms with Crippen molar-refractivity contribution >= 4 is 5.78 Å². The second kappa shape index (κ2) is 5.48. The molecule has 0 radical (unpaired) electrons. The van der Waals surface area contributed by atoms with E-state index in [1.54, 1.807) is 0 Å². The van der Waals surface area contributed by atoms with E-state index >= 15 is 0 Å². The molecule has 0 saturated heterocycles. The normalized spacial score (nSPS) is 9.88. The van der Waals surface area contributed by atoms with Crippen molar-refractivity contribution in [2.75, 3.05) is 13.1 Å². The van der Waals surface area contributed by atoms with Gasteiger partial charge in [0.1, 0.15) is 0 Å². The summed E-state index contributed by atoms with van der Waals surface area (Å²) in [6.45, 7) is 6.75. The molecule has 0 bridgehead atoms. The Morgan fingerprint density at radius 3 is 2.50 bits per heavy atom. The molecule has 2 heteroatoms. The van der Waals surface area contributed by atoms with Crippen LogP contribution in [-0.2, 0) is 0 Å². The number of hydrogen-bond acceptors (Lipinski definition) is 2. The number of carbonyl (C=O) groups excluding carboxylic acids is 1. The smallest absolute Gasteiger partial charge is 0.176 e. The number of ketones is 1. The van der Waals surface area contributed by atoms with Crippen LogP contribution in [-0.4, -0.2) is 18.9 Å². The van der Waals surface area contributed by atoms with Crippen LogP contribution in [0.4, 0.5) is 0 Å². The molecule has 1 aromatic rings. The van der Waals surface area contributed by atoms with Crippen molar-refractivity contribution in [3.63, 3.8) is 0 Å². The number of hydrogen-bond donors (Lipinski definition) is 1. The third-order valence-electron chi connectivity index (χ3n) is 2.65. The van der Waals surface area contributed by atoms with Crippen molar-refractivity contribution in [1.82, 2.24) is 5.32 Å². The standard InChI is InChI=1S/C14H17NO/c1-5-6-15-9-14(16)13-8-11(3)10(2)7-12(13)4/h1,7-8,15H,6,9H2,2-4H3. The van der Waals surface area contributed by atoms with Crippen LogP contribution < -0.4 is 5.32 Å². The SMILES string of the molecule is C#CCNCC(=O)c1cc(C)c(C)cc1C. The van der Waals surface area contributed by atoms with E-state index < -0.39 is 0 Å². The number of aryl methyl sites for hydroxylation is 3. The highest BCUT2D eigenvalue weighted by molar-refractivity contribution is 5.99. The highest BCUT2D eigenvalue weighted by Crippen LogP contribution is 2.15. The van der Waals surface area contributed by atoms with Gasteiger partial charge in [0.05, 0.1) is 13.1 Å². The first kappa shape index (κ1) is 12.5. The van der Waals surface area contributed by atoms with Gasteiger partial charge >= 0.3 is 0 Å². The molecule has 0 aliphatic heterocycles. The molecule has 0 unspecified atom stereocenters. The van der Waals surface area contributed by atoms with Gasteiger partial charge in [-0.2, -0.15) is 0 Å². The molecule has 16 heavy (non-hydrogen) atoms.